The Labute approximate surface area is 179 Å². The van der Waals surface area contributed by atoms with Crippen molar-refractivity contribution in [1.82, 2.24) is 19.5 Å². The van der Waals surface area contributed by atoms with Gasteiger partial charge in [0.25, 0.3) is 0 Å². The van der Waals surface area contributed by atoms with E-state index in [1.807, 2.05) is 0 Å². The summed E-state index contributed by atoms with van der Waals surface area (Å²) in [5.74, 6) is -0.319. The molecule has 1 unspecified atom stereocenters. The van der Waals surface area contributed by atoms with Crippen LogP contribution >= 0.6 is 0 Å². The van der Waals surface area contributed by atoms with Crippen LogP contribution < -0.4 is 0 Å². The standard InChI is InChI=1S/C21H21FN4O4S/c22-17-3-1-2-4-18(17)31(27,28)26-13-16(21(14-26)7-11-29-12-8-21)20-25-24-19(30-20)15-5-9-23-10-6-15/h1-6,9-10,16H,7-8,11-14H2. The Hall–Kier alpha value is -2.69. The van der Waals surface area contributed by atoms with Crippen molar-refractivity contribution in [3.63, 3.8) is 0 Å². The summed E-state index contributed by atoms with van der Waals surface area (Å²) in [6.45, 7) is 1.45. The Morgan fingerprint density at radius 2 is 1.81 bits per heavy atom. The molecule has 0 bridgehead atoms. The first-order chi connectivity index (χ1) is 15.0. The van der Waals surface area contributed by atoms with Crippen molar-refractivity contribution in [3.8, 4) is 11.5 Å². The molecule has 1 aromatic carbocycles. The molecule has 5 rings (SSSR count). The minimum atomic E-state index is -4.01. The van der Waals surface area contributed by atoms with Crippen molar-refractivity contribution >= 4 is 10.0 Å². The van der Waals surface area contributed by atoms with Crippen LogP contribution in [0.25, 0.3) is 11.5 Å². The number of nitrogens with zero attached hydrogens (tertiary/aromatic N) is 4. The Morgan fingerprint density at radius 1 is 1.06 bits per heavy atom. The molecular formula is C21H21FN4O4S. The summed E-state index contributed by atoms with van der Waals surface area (Å²) in [6.07, 6.45) is 4.59. The molecule has 3 aromatic rings. The number of sulfonamides is 1. The van der Waals surface area contributed by atoms with Gasteiger partial charge in [0.1, 0.15) is 10.7 Å². The second-order valence-corrected chi connectivity index (χ2v) is 9.84. The van der Waals surface area contributed by atoms with Gasteiger partial charge in [0.05, 0.1) is 5.92 Å². The molecule has 1 spiro atoms. The number of halogens is 1. The smallest absolute Gasteiger partial charge is 0.247 e. The lowest BCUT2D eigenvalue weighted by atomic mass is 9.72. The van der Waals surface area contributed by atoms with E-state index in [1.165, 1.54) is 22.5 Å². The average Bonchev–Trinajstić information content (AvgIpc) is 3.41. The fraction of sp³-hybridized carbons (Fsp3) is 0.381. The normalized spacial score (nSPS) is 21.5. The Morgan fingerprint density at radius 3 is 2.55 bits per heavy atom. The molecule has 2 aromatic heterocycles. The van der Waals surface area contributed by atoms with Gasteiger partial charge in [0, 0.05) is 49.7 Å². The Balaban J connectivity index is 1.51. The van der Waals surface area contributed by atoms with Gasteiger partial charge in [-0.2, -0.15) is 4.31 Å². The van der Waals surface area contributed by atoms with E-state index in [1.54, 1.807) is 24.5 Å². The first kappa shape index (κ1) is 20.2. The third-order valence-corrected chi connectivity index (χ3v) is 8.07. The third kappa shape index (κ3) is 3.54. The number of pyridine rings is 1. The summed E-state index contributed by atoms with van der Waals surface area (Å²) in [5, 5.41) is 8.42. The minimum Gasteiger partial charge on any atom is -0.420 e. The second kappa shape index (κ2) is 7.77. The molecule has 0 saturated carbocycles. The van der Waals surface area contributed by atoms with Crippen molar-refractivity contribution < 1.29 is 22.0 Å². The van der Waals surface area contributed by atoms with E-state index in [2.05, 4.69) is 15.2 Å². The lowest BCUT2D eigenvalue weighted by molar-refractivity contribution is 0.0112. The van der Waals surface area contributed by atoms with E-state index >= 15 is 0 Å². The molecule has 31 heavy (non-hydrogen) atoms. The lowest BCUT2D eigenvalue weighted by Gasteiger charge is -2.36. The fourth-order valence-corrected chi connectivity index (χ4v) is 6.13. The summed E-state index contributed by atoms with van der Waals surface area (Å²) in [7, 11) is -4.01. The first-order valence-electron chi connectivity index (χ1n) is 10.1. The molecule has 8 nitrogen and oxygen atoms in total. The van der Waals surface area contributed by atoms with Gasteiger partial charge in [0.15, 0.2) is 0 Å². The highest BCUT2D eigenvalue weighted by Gasteiger charge is 2.53. The van der Waals surface area contributed by atoms with Crippen LogP contribution in [-0.2, 0) is 14.8 Å². The summed E-state index contributed by atoms with van der Waals surface area (Å²) in [6, 6.07) is 8.98. The number of ether oxygens (including phenoxy) is 1. The van der Waals surface area contributed by atoms with Crippen molar-refractivity contribution in [2.75, 3.05) is 26.3 Å². The van der Waals surface area contributed by atoms with Gasteiger partial charge < -0.3 is 9.15 Å². The maximum absolute atomic E-state index is 14.3. The van der Waals surface area contributed by atoms with E-state index in [4.69, 9.17) is 9.15 Å². The predicted octanol–water partition coefficient (Wildman–Crippen LogP) is 2.86. The maximum atomic E-state index is 14.3. The summed E-state index contributed by atoms with van der Waals surface area (Å²) in [4.78, 5) is 3.67. The topological polar surface area (TPSA) is 98.4 Å². The molecule has 0 N–H and O–H groups in total. The van der Waals surface area contributed by atoms with Crippen molar-refractivity contribution in [2.45, 2.75) is 23.7 Å². The van der Waals surface area contributed by atoms with Gasteiger partial charge in [-0.05, 0) is 37.1 Å². The maximum Gasteiger partial charge on any atom is 0.247 e. The predicted molar refractivity (Wildman–Crippen MR) is 108 cm³/mol. The third-order valence-electron chi connectivity index (χ3n) is 6.23. The number of hydrogen-bond acceptors (Lipinski definition) is 7. The van der Waals surface area contributed by atoms with Crippen LogP contribution in [0.4, 0.5) is 4.39 Å². The molecular weight excluding hydrogens is 423 g/mol. The van der Waals surface area contributed by atoms with E-state index in [-0.39, 0.29) is 23.9 Å². The number of aromatic nitrogens is 3. The molecule has 2 fully saturated rings. The van der Waals surface area contributed by atoms with Crippen LogP contribution in [-0.4, -0.2) is 54.2 Å². The second-order valence-electron chi connectivity index (χ2n) is 7.94. The van der Waals surface area contributed by atoms with Crippen LogP contribution in [0.2, 0.25) is 0 Å². The molecule has 4 heterocycles. The van der Waals surface area contributed by atoms with Crippen LogP contribution in [0.1, 0.15) is 24.7 Å². The molecule has 0 amide bonds. The van der Waals surface area contributed by atoms with Crippen molar-refractivity contribution in [3.05, 3.63) is 60.5 Å². The van der Waals surface area contributed by atoms with Gasteiger partial charge in [-0.1, -0.05) is 12.1 Å². The number of rotatable bonds is 4. The van der Waals surface area contributed by atoms with Gasteiger partial charge in [0.2, 0.25) is 21.8 Å². The fourth-order valence-electron chi connectivity index (χ4n) is 4.51. The number of benzene rings is 1. The van der Waals surface area contributed by atoms with Gasteiger partial charge in [-0.25, -0.2) is 12.8 Å². The monoisotopic (exact) mass is 444 g/mol. The summed E-state index contributed by atoms with van der Waals surface area (Å²) >= 11 is 0. The van der Waals surface area contributed by atoms with Gasteiger partial charge >= 0.3 is 0 Å². The lowest BCUT2D eigenvalue weighted by Crippen LogP contribution is -2.37. The highest BCUT2D eigenvalue weighted by atomic mass is 32.2. The highest BCUT2D eigenvalue weighted by molar-refractivity contribution is 7.89. The van der Waals surface area contributed by atoms with Crippen LogP contribution in [0, 0.1) is 11.2 Å². The molecule has 2 aliphatic heterocycles. The molecule has 2 saturated heterocycles. The van der Waals surface area contributed by atoms with E-state index in [0.29, 0.717) is 37.8 Å². The highest BCUT2D eigenvalue weighted by Crippen LogP contribution is 2.50. The van der Waals surface area contributed by atoms with E-state index < -0.39 is 21.3 Å². The molecule has 2 aliphatic rings. The zero-order valence-electron chi connectivity index (χ0n) is 16.6. The van der Waals surface area contributed by atoms with E-state index in [9.17, 15) is 12.8 Å². The first-order valence-corrected chi connectivity index (χ1v) is 11.5. The zero-order chi connectivity index (χ0) is 21.5. The van der Waals surface area contributed by atoms with Gasteiger partial charge in [-0.15, -0.1) is 10.2 Å². The largest absolute Gasteiger partial charge is 0.420 e. The SMILES string of the molecule is O=S(=O)(c1ccccc1F)N1CC(c2nnc(-c3ccncc3)o2)C2(CCOCC2)C1. The van der Waals surface area contributed by atoms with Crippen LogP contribution in [0.15, 0.2) is 58.1 Å². The quantitative estimate of drug-likeness (QED) is 0.610. The molecule has 162 valence electrons. The average molecular weight is 444 g/mol. The molecule has 10 heteroatoms. The van der Waals surface area contributed by atoms with E-state index in [0.717, 1.165) is 11.6 Å². The molecule has 0 aliphatic carbocycles. The molecule has 0 radical (unpaired) electrons. The molecule has 1 atom stereocenters. The van der Waals surface area contributed by atoms with Crippen LogP contribution in [0.5, 0.6) is 0 Å². The minimum absolute atomic E-state index is 0.147. The number of hydrogen-bond donors (Lipinski definition) is 0. The zero-order valence-corrected chi connectivity index (χ0v) is 17.5. The van der Waals surface area contributed by atoms with Crippen molar-refractivity contribution in [1.29, 1.82) is 0 Å². The Kier molecular flexibility index (Phi) is 5.07. The Bertz CT molecular complexity index is 1180. The van der Waals surface area contributed by atoms with Crippen LogP contribution in [0.3, 0.4) is 0 Å². The van der Waals surface area contributed by atoms with Crippen molar-refractivity contribution in [2.24, 2.45) is 5.41 Å². The van der Waals surface area contributed by atoms with Gasteiger partial charge in [-0.3, -0.25) is 4.98 Å². The summed E-state index contributed by atoms with van der Waals surface area (Å²) in [5.41, 5.74) is 0.335. The summed E-state index contributed by atoms with van der Waals surface area (Å²) < 4.78 is 53.7.